The molecule has 2 N–H and O–H groups in total. The molecule has 17 heavy (non-hydrogen) atoms. The van der Waals surface area contributed by atoms with Gasteiger partial charge in [0, 0.05) is 22.6 Å². The first-order valence-corrected chi connectivity index (χ1v) is 5.82. The molecule has 1 fully saturated rings. The van der Waals surface area contributed by atoms with Gasteiger partial charge in [0.05, 0.1) is 4.92 Å². The van der Waals surface area contributed by atoms with Crippen molar-refractivity contribution in [2.45, 2.75) is 44.6 Å². The summed E-state index contributed by atoms with van der Waals surface area (Å²) in [6.07, 6.45) is 1.87. The quantitative estimate of drug-likeness (QED) is 0.645. The van der Waals surface area contributed by atoms with Gasteiger partial charge in [-0.2, -0.15) is 0 Å². The fourth-order valence-electron chi connectivity index (χ4n) is 2.34. The van der Waals surface area contributed by atoms with Crippen LogP contribution in [-0.4, -0.2) is 10.5 Å². The zero-order valence-electron chi connectivity index (χ0n) is 10.5. The van der Waals surface area contributed by atoms with Crippen molar-refractivity contribution in [3.8, 4) is 0 Å². The van der Waals surface area contributed by atoms with Crippen LogP contribution in [0.25, 0.3) is 0 Å². The molecule has 0 bridgehead atoms. The van der Waals surface area contributed by atoms with E-state index in [1.165, 1.54) is 0 Å². The Labute approximate surface area is 101 Å². The van der Waals surface area contributed by atoms with Crippen LogP contribution >= 0.6 is 0 Å². The Morgan fingerprint density at radius 2 is 2.00 bits per heavy atom. The monoisotopic (exact) mass is 234 g/mol. The number of hydrogen-bond acceptors (Lipinski definition) is 3. The minimum atomic E-state index is -0.360. The number of hydrogen-bond donors (Lipinski definition) is 1. The molecule has 1 aliphatic rings. The second-order valence-corrected chi connectivity index (χ2v) is 5.56. The molecule has 2 rings (SSSR count). The molecule has 0 amide bonds. The number of nitrogens with zero attached hydrogens (tertiary/aromatic N) is 1. The van der Waals surface area contributed by atoms with Crippen LogP contribution in [0.3, 0.4) is 0 Å². The molecule has 4 nitrogen and oxygen atoms in total. The summed E-state index contributed by atoms with van der Waals surface area (Å²) in [6.45, 7) is 5.95. The van der Waals surface area contributed by atoms with E-state index in [1.807, 2.05) is 26.8 Å². The molecule has 0 radical (unpaired) electrons. The molecule has 0 aliphatic heterocycles. The third-order valence-corrected chi connectivity index (χ3v) is 4.06. The van der Waals surface area contributed by atoms with Crippen molar-refractivity contribution in [2.24, 2.45) is 5.73 Å². The fourth-order valence-corrected chi connectivity index (χ4v) is 2.34. The number of aryl methyl sites for hydroxylation is 1. The van der Waals surface area contributed by atoms with Crippen molar-refractivity contribution in [1.29, 1.82) is 0 Å². The van der Waals surface area contributed by atoms with E-state index in [4.69, 9.17) is 5.73 Å². The normalized spacial score (nSPS) is 17.9. The zero-order valence-corrected chi connectivity index (χ0v) is 10.5. The Morgan fingerprint density at radius 3 is 2.47 bits per heavy atom. The number of nitrogens with two attached hydrogens (primary N) is 1. The lowest BCUT2D eigenvalue weighted by Gasteiger charge is -2.32. The van der Waals surface area contributed by atoms with Crippen molar-refractivity contribution < 1.29 is 4.92 Å². The summed E-state index contributed by atoms with van der Waals surface area (Å²) < 4.78 is 0. The summed E-state index contributed by atoms with van der Waals surface area (Å²) in [4.78, 5) is 10.8. The van der Waals surface area contributed by atoms with Gasteiger partial charge in [0.25, 0.3) is 5.69 Å². The first-order valence-electron chi connectivity index (χ1n) is 5.82. The van der Waals surface area contributed by atoms with Crippen molar-refractivity contribution >= 4 is 5.69 Å². The van der Waals surface area contributed by atoms with Crippen LogP contribution in [0.5, 0.6) is 0 Å². The first-order chi connectivity index (χ1) is 7.78. The molecule has 92 valence electrons. The maximum Gasteiger partial charge on any atom is 0.273 e. The topological polar surface area (TPSA) is 69.2 Å². The Balaban J connectivity index is 2.57. The minimum Gasteiger partial charge on any atom is -0.324 e. The standard InChI is InChI=1S/C13H18N2O2/c1-9-4-5-11(15(16)17)10(8-9)12(2,3)13(14)6-7-13/h4-5,8H,6-7,14H2,1-3H3. The van der Waals surface area contributed by atoms with Gasteiger partial charge in [0.15, 0.2) is 0 Å². The fraction of sp³-hybridized carbons (Fsp3) is 0.538. The molecular formula is C13H18N2O2. The second kappa shape index (κ2) is 3.53. The third-order valence-electron chi connectivity index (χ3n) is 4.06. The largest absolute Gasteiger partial charge is 0.324 e. The van der Waals surface area contributed by atoms with Crippen molar-refractivity contribution in [2.75, 3.05) is 0 Å². The highest BCUT2D eigenvalue weighted by molar-refractivity contribution is 5.49. The molecule has 0 unspecified atom stereocenters. The van der Waals surface area contributed by atoms with Gasteiger partial charge in [-0.05, 0) is 25.8 Å². The lowest BCUT2D eigenvalue weighted by atomic mass is 9.75. The highest BCUT2D eigenvalue weighted by Crippen LogP contribution is 2.51. The van der Waals surface area contributed by atoms with Gasteiger partial charge in [0.1, 0.15) is 0 Å². The number of rotatable bonds is 3. The van der Waals surface area contributed by atoms with Crippen LogP contribution in [0.1, 0.15) is 37.8 Å². The van der Waals surface area contributed by atoms with Crippen LogP contribution in [0.2, 0.25) is 0 Å². The van der Waals surface area contributed by atoms with E-state index in [1.54, 1.807) is 12.1 Å². The number of nitro benzene ring substituents is 1. The summed E-state index contributed by atoms with van der Waals surface area (Å²) in [5.74, 6) is 0. The molecule has 1 aromatic carbocycles. The van der Waals surface area contributed by atoms with Crippen molar-refractivity contribution in [3.05, 3.63) is 39.4 Å². The van der Waals surface area contributed by atoms with Crippen LogP contribution < -0.4 is 5.73 Å². The van der Waals surface area contributed by atoms with Crippen LogP contribution in [0.4, 0.5) is 5.69 Å². The van der Waals surface area contributed by atoms with Gasteiger partial charge in [-0.1, -0.05) is 25.5 Å². The SMILES string of the molecule is Cc1ccc([N+](=O)[O-])c(C(C)(C)C2(N)CC2)c1. The summed E-state index contributed by atoms with van der Waals surface area (Å²) in [6, 6.07) is 5.25. The lowest BCUT2D eigenvalue weighted by molar-refractivity contribution is -0.386. The molecule has 1 aliphatic carbocycles. The molecule has 0 spiro atoms. The van der Waals surface area contributed by atoms with E-state index in [2.05, 4.69) is 0 Å². The summed E-state index contributed by atoms with van der Waals surface area (Å²) in [7, 11) is 0. The molecule has 4 heteroatoms. The summed E-state index contributed by atoms with van der Waals surface area (Å²) in [5.41, 5.74) is 7.57. The summed E-state index contributed by atoms with van der Waals surface area (Å²) in [5, 5.41) is 11.1. The second-order valence-electron chi connectivity index (χ2n) is 5.56. The van der Waals surface area contributed by atoms with Gasteiger partial charge in [-0.25, -0.2) is 0 Å². The smallest absolute Gasteiger partial charge is 0.273 e. The summed E-state index contributed by atoms with van der Waals surface area (Å²) >= 11 is 0. The maximum absolute atomic E-state index is 11.1. The zero-order chi connectivity index (χ0) is 12.8. The molecule has 0 heterocycles. The first kappa shape index (κ1) is 12.0. The predicted octanol–water partition coefficient (Wildman–Crippen LogP) is 2.67. The average Bonchev–Trinajstić information content (AvgIpc) is 2.97. The van der Waals surface area contributed by atoms with E-state index in [0.717, 1.165) is 24.0 Å². The van der Waals surface area contributed by atoms with E-state index >= 15 is 0 Å². The number of nitro groups is 1. The third kappa shape index (κ3) is 1.82. The van der Waals surface area contributed by atoms with E-state index in [-0.39, 0.29) is 21.6 Å². The average molecular weight is 234 g/mol. The molecule has 0 aromatic heterocycles. The van der Waals surface area contributed by atoms with Gasteiger partial charge in [-0.3, -0.25) is 10.1 Å². The maximum atomic E-state index is 11.1. The van der Waals surface area contributed by atoms with Crippen LogP contribution in [0.15, 0.2) is 18.2 Å². The Bertz CT molecular complexity index is 476. The van der Waals surface area contributed by atoms with Crippen molar-refractivity contribution in [3.63, 3.8) is 0 Å². The van der Waals surface area contributed by atoms with E-state index < -0.39 is 0 Å². The van der Waals surface area contributed by atoms with Crippen LogP contribution in [-0.2, 0) is 5.41 Å². The Morgan fingerprint density at radius 1 is 1.41 bits per heavy atom. The highest BCUT2D eigenvalue weighted by Gasteiger charge is 2.53. The Hall–Kier alpha value is -1.42. The van der Waals surface area contributed by atoms with Crippen molar-refractivity contribution in [1.82, 2.24) is 0 Å². The van der Waals surface area contributed by atoms with Gasteiger partial charge in [0.2, 0.25) is 0 Å². The highest BCUT2D eigenvalue weighted by atomic mass is 16.6. The lowest BCUT2D eigenvalue weighted by Crippen LogP contribution is -2.43. The molecule has 0 saturated heterocycles. The van der Waals surface area contributed by atoms with E-state index in [9.17, 15) is 10.1 Å². The minimum absolute atomic E-state index is 0.178. The van der Waals surface area contributed by atoms with Crippen LogP contribution in [0, 0.1) is 17.0 Å². The van der Waals surface area contributed by atoms with Gasteiger partial charge < -0.3 is 5.73 Å². The predicted molar refractivity (Wildman–Crippen MR) is 67.0 cm³/mol. The molecule has 1 saturated carbocycles. The molecule has 0 atom stereocenters. The Kier molecular flexibility index (Phi) is 2.51. The molecular weight excluding hydrogens is 216 g/mol. The number of benzene rings is 1. The van der Waals surface area contributed by atoms with E-state index in [0.29, 0.717) is 0 Å². The molecule has 1 aromatic rings. The van der Waals surface area contributed by atoms with Gasteiger partial charge in [-0.15, -0.1) is 0 Å². The van der Waals surface area contributed by atoms with Gasteiger partial charge >= 0.3 is 0 Å².